The molecule has 54 heavy (non-hydrogen) atoms. The summed E-state index contributed by atoms with van der Waals surface area (Å²) in [6.45, 7) is 16.7. The van der Waals surface area contributed by atoms with Crippen molar-refractivity contribution in [2.75, 3.05) is 12.7 Å². The minimum absolute atomic E-state index is 0.124. The quantitative estimate of drug-likeness (QED) is 0.174. The SMILES string of the molecule is CC(C)(C)OC(=O)N1CCC[C@H]1c1ncc(-c2ccc3cc(-c4ccc5c(ccc6nc([C@@H]7C[Si](C)(C)CN7C(=O)OC(C)(C)C)[nH]c65)c4)ccc3c2)[nH]1. The van der Waals surface area contributed by atoms with Gasteiger partial charge in [-0.3, -0.25) is 4.90 Å². The molecule has 0 unspecified atom stereocenters. The van der Waals surface area contributed by atoms with E-state index in [9.17, 15) is 9.59 Å². The largest absolute Gasteiger partial charge is 0.444 e. The minimum Gasteiger partial charge on any atom is -0.444 e. The standard InChI is InChI=1S/C43H50N6O4Si/c1-42(2,3)52-40(50)48-19-9-10-35(48)38-44-23-34(46-38)31-14-13-27-20-26(11-12-28(27)22-31)29-15-17-32-30(21-29)16-18-33-37(32)47-39(45-33)36-24-54(7,8)25-49(36)41(51)53-43(4,5)6/h11-18,20-23,35-36H,9-10,19,24-25H2,1-8H3,(H,44,46)(H,45,47)/t35-,36-/m0/s1. The molecule has 2 aromatic heterocycles. The summed E-state index contributed by atoms with van der Waals surface area (Å²) in [4.78, 5) is 46.7. The highest BCUT2D eigenvalue weighted by atomic mass is 28.3. The van der Waals surface area contributed by atoms with Crippen LogP contribution in [0.1, 0.15) is 78.1 Å². The fourth-order valence-electron chi connectivity index (χ4n) is 8.03. The molecule has 11 heteroatoms. The fourth-order valence-corrected chi connectivity index (χ4v) is 10.9. The Kier molecular flexibility index (Phi) is 8.63. The topological polar surface area (TPSA) is 116 Å². The van der Waals surface area contributed by atoms with Crippen LogP contribution in [0.4, 0.5) is 9.59 Å². The molecule has 0 saturated carbocycles. The number of hydrogen-bond acceptors (Lipinski definition) is 6. The summed E-state index contributed by atoms with van der Waals surface area (Å²) in [5.74, 6) is 1.61. The van der Waals surface area contributed by atoms with Crippen molar-refractivity contribution in [3.8, 4) is 22.4 Å². The minimum atomic E-state index is -1.65. The van der Waals surface area contributed by atoms with Gasteiger partial charge in [0.15, 0.2) is 0 Å². The Labute approximate surface area is 317 Å². The molecule has 2 aliphatic rings. The molecule has 6 aromatic rings. The summed E-state index contributed by atoms with van der Waals surface area (Å²) in [7, 11) is -1.65. The van der Waals surface area contributed by atoms with Gasteiger partial charge in [-0.05, 0) is 112 Å². The lowest BCUT2D eigenvalue weighted by Crippen LogP contribution is -2.39. The second-order valence-corrected chi connectivity index (χ2v) is 22.9. The van der Waals surface area contributed by atoms with Gasteiger partial charge in [0.2, 0.25) is 0 Å². The summed E-state index contributed by atoms with van der Waals surface area (Å²) in [6, 6.07) is 24.5. The second-order valence-electron chi connectivity index (χ2n) is 17.8. The van der Waals surface area contributed by atoms with Gasteiger partial charge in [0, 0.05) is 23.7 Å². The number of nitrogens with one attached hydrogen (secondary N) is 2. The number of fused-ring (bicyclic) bond motifs is 4. The van der Waals surface area contributed by atoms with Crippen molar-refractivity contribution >= 4 is 52.8 Å². The number of aromatic nitrogens is 4. The number of imidazole rings is 2. The van der Waals surface area contributed by atoms with E-state index in [2.05, 4.69) is 89.8 Å². The van der Waals surface area contributed by atoms with Crippen LogP contribution in [0.25, 0.3) is 55.0 Å². The van der Waals surface area contributed by atoms with Crippen molar-refractivity contribution < 1.29 is 19.1 Å². The fraction of sp³-hybridized carbons (Fsp3) is 0.395. The lowest BCUT2D eigenvalue weighted by Gasteiger charge is -2.28. The van der Waals surface area contributed by atoms with Gasteiger partial charge in [0.25, 0.3) is 0 Å². The number of aromatic amines is 2. The van der Waals surface area contributed by atoms with Gasteiger partial charge in [0.1, 0.15) is 22.9 Å². The molecule has 10 nitrogen and oxygen atoms in total. The Balaban J connectivity index is 1.03. The van der Waals surface area contributed by atoms with Crippen LogP contribution in [0, 0.1) is 0 Å². The maximum absolute atomic E-state index is 13.3. The average Bonchev–Trinajstić information content (AvgIpc) is 3.91. The molecule has 0 aliphatic carbocycles. The number of H-pyrrole nitrogens is 2. The molecule has 2 fully saturated rings. The predicted molar refractivity (Wildman–Crippen MR) is 217 cm³/mol. The van der Waals surface area contributed by atoms with Crippen molar-refractivity contribution in [1.29, 1.82) is 0 Å². The molecule has 0 radical (unpaired) electrons. The highest BCUT2D eigenvalue weighted by Crippen LogP contribution is 2.40. The first-order valence-electron chi connectivity index (χ1n) is 19.0. The van der Waals surface area contributed by atoms with Crippen LogP contribution in [-0.2, 0) is 9.47 Å². The molecule has 280 valence electrons. The summed E-state index contributed by atoms with van der Waals surface area (Å²) in [6.07, 6.45) is 3.82. The van der Waals surface area contributed by atoms with Gasteiger partial charge in [-0.1, -0.05) is 55.6 Å². The van der Waals surface area contributed by atoms with Gasteiger partial charge in [-0.15, -0.1) is 0 Å². The van der Waals surface area contributed by atoms with E-state index in [-0.39, 0.29) is 24.3 Å². The van der Waals surface area contributed by atoms with E-state index in [1.54, 1.807) is 4.90 Å². The van der Waals surface area contributed by atoms with Gasteiger partial charge in [0.05, 0.1) is 43.1 Å². The van der Waals surface area contributed by atoms with Crippen molar-refractivity contribution in [2.24, 2.45) is 0 Å². The third-order valence-corrected chi connectivity index (χ3v) is 13.1. The molecule has 2 N–H and O–H groups in total. The summed E-state index contributed by atoms with van der Waals surface area (Å²) in [5.41, 5.74) is 5.03. The van der Waals surface area contributed by atoms with Crippen LogP contribution < -0.4 is 0 Å². The zero-order valence-electron chi connectivity index (χ0n) is 32.5. The van der Waals surface area contributed by atoms with Crippen LogP contribution in [0.2, 0.25) is 19.1 Å². The highest BCUT2D eigenvalue weighted by molar-refractivity contribution is 6.78. The Hall–Kier alpha value is -5.16. The van der Waals surface area contributed by atoms with Gasteiger partial charge in [-0.2, -0.15) is 0 Å². The maximum Gasteiger partial charge on any atom is 0.410 e. The van der Waals surface area contributed by atoms with Gasteiger partial charge in [-0.25, -0.2) is 19.6 Å². The third kappa shape index (κ3) is 7.09. The number of carbonyl (C=O) groups excluding carboxylic acids is 2. The Morgan fingerprint density at radius 1 is 0.741 bits per heavy atom. The highest BCUT2D eigenvalue weighted by Gasteiger charge is 2.45. The van der Waals surface area contributed by atoms with Crippen LogP contribution in [0.3, 0.4) is 0 Å². The van der Waals surface area contributed by atoms with Crippen LogP contribution in [0.15, 0.2) is 72.9 Å². The number of rotatable bonds is 4. The molecule has 0 bridgehead atoms. The van der Waals surface area contributed by atoms with Crippen molar-refractivity contribution in [3.05, 3.63) is 84.6 Å². The van der Waals surface area contributed by atoms with Crippen LogP contribution >= 0.6 is 0 Å². The van der Waals surface area contributed by atoms with E-state index in [1.807, 2.05) is 52.6 Å². The predicted octanol–water partition coefficient (Wildman–Crippen LogP) is 10.5. The first-order valence-corrected chi connectivity index (χ1v) is 22.4. The van der Waals surface area contributed by atoms with Gasteiger partial charge >= 0.3 is 12.2 Å². The Morgan fingerprint density at radius 3 is 2.06 bits per heavy atom. The molecule has 0 spiro atoms. The summed E-state index contributed by atoms with van der Waals surface area (Å²) in [5, 5.41) is 4.51. The monoisotopic (exact) mass is 742 g/mol. The number of likely N-dealkylation sites (tertiary alicyclic amines) is 1. The molecule has 2 saturated heterocycles. The van der Waals surface area contributed by atoms with E-state index in [1.165, 1.54) is 0 Å². The summed E-state index contributed by atoms with van der Waals surface area (Å²) >= 11 is 0. The van der Waals surface area contributed by atoms with E-state index in [0.717, 1.165) is 91.7 Å². The zero-order chi connectivity index (χ0) is 38.2. The average molecular weight is 743 g/mol. The van der Waals surface area contributed by atoms with Gasteiger partial charge < -0.3 is 24.3 Å². The molecule has 2 aliphatic heterocycles. The molecule has 2 amide bonds. The van der Waals surface area contributed by atoms with Crippen LogP contribution in [-0.4, -0.2) is 73.9 Å². The van der Waals surface area contributed by atoms with Crippen molar-refractivity contribution in [1.82, 2.24) is 29.7 Å². The number of hydrogen-bond donors (Lipinski definition) is 2. The molecule has 2 atom stereocenters. The molecule has 4 aromatic carbocycles. The van der Waals surface area contributed by atoms with Crippen LogP contribution in [0.5, 0.6) is 0 Å². The number of nitrogens with zero attached hydrogens (tertiary/aromatic N) is 4. The lowest BCUT2D eigenvalue weighted by atomic mass is 9.97. The molecule has 8 rings (SSSR count). The first kappa shape index (κ1) is 35.8. The Bertz CT molecular complexity index is 2420. The molecule has 4 heterocycles. The number of ether oxygens (including phenoxy) is 2. The number of benzene rings is 4. The van der Waals surface area contributed by atoms with Crippen molar-refractivity contribution in [2.45, 2.75) is 96.8 Å². The second kappa shape index (κ2) is 13.0. The number of amides is 2. The Morgan fingerprint density at radius 2 is 1.35 bits per heavy atom. The maximum atomic E-state index is 13.3. The van der Waals surface area contributed by atoms with E-state index >= 15 is 0 Å². The molecular weight excluding hydrogens is 693 g/mol. The smallest absolute Gasteiger partial charge is 0.410 e. The number of carbonyl (C=O) groups is 2. The third-order valence-electron chi connectivity index (χ3n) is 10.4. The normalized spacial score (nSPS) is 19.0. The van der Waals surface area contributed by atoms with E-state index in [0.29, 0.717) is 6.54 Å². The summed E-state index contributed by atoms with van der Waals surface area (Å²) < 4.78 is 11.5. The van der Waals surface area contributed by atoms with Crippen molar-refractivity contribution in [3.63, 3.8) is 0 Å². The lowest BCUT2D eigenvalue weighted by molar-refractivity contribution is 0.0212. The zero-order valence-corrected chi connectivity index (χ0v) is 33.5. The van der Waals surface area contributed by atoms with E-state index in [4.69, 9.17) is 19.4 Å². The first-order chi connectivity index (χ1) is 25.5. The van der Waals surface area contributed by atoms with E-state index < -0.39 is 19.3 Å². The molecular formula is C43H50N6O4Si.